The molecule has 3 N–H and O–H groups in total. The molecular formula is C17H24N4OS. The number of benzene rings is 1. The molecule has 2 rings (SSSR count). The predicted octanol–water partition coefficient (Wildman–Crippen LogP) is 1.61. The van der Waals surface area contributed by atoms with E-state index >= 15 is 0 Å². The van der Waals surface area contributed by atoms with E-state index in [1.54, 1.807) is 0 Å². The Morgan fingerprint density at radius 3 is 2.78 bits per heavy atom. The Bertz CT molecular complexity index is 612. The number of amides is 1. The predicted molar refractivity (Wildman–Crippen MR) is 94.5 cm³/mol. The zero-order valence-corrected chi connectivity index (χ0v) is 14.5. The van der Waals surface area contributed by atoms with Crippen LogP contribution >= 0.6 is 11.3 Å². The summed E-state index contributed by atoms with van der Waals surface area (Å²) in [5, 5.41) is 5.70. The summed E-state index contributed by atoms with van der Waals surface area (Å²) < 4.78 is 0. The van der Waals surface area contributed by atoms with Crippen LogP contribution in [-0.4, -0.2) is 43.0 Å². The monoisotopic (exact) mass is 332 g/mol. The average Bonchev–Trinajstić information content (AvgIpc) is 2.96. The third kappa shape index (κ3) is 6.09. The summed E-state index contributed by atoms with van der Waals surface area (Å²) in [4.78, 5) is 18.4. The van der Waals surface area contributed by atoms with Crippen LogP contribution in [0.3, 0.4) is 0 Å². The van der Waals surface area contributed by atoms with Gasteiger partial charge in [0.1, 0.15) is 5.01 Å². The number of nitrogens with zero attached hydrogens (tertiary/aromatic N) is 2. The second kappa shape index (κ2) is 8.76. The number of carbonyl (C=O) groups is 1. The van der Waals surface area contributed by atoms with E-state index in [1.165, 1.54) is 16.9 Å². The molecule has 2 aromatic rings. The van der Waals surface area contributed by atoms with Crippen molar-refractivity contribution >= 4 is 17.2 Å². The molecule has 1 aromatic heterocycles. The molecular weight excluding hydrogens is 308 g/mol. The molecule has 1 amide bonds. The quantitative estimate of drug-likeness (QED) is 0.770. The molecule has 0 radical (unpaired) electrons. The fourth-order valence-corrected chi connectivity index (χ4v) is 3.00. The molecule has 1 unspecified atom stereocenters. The van der Waals surface area contributed by atoms with Gasteiger partial charge in [-0.25, -0.2) is 4.98 Å². The molecule has 5 nitrogen and oxygen atoms in total. The second-order valence-electron chi connectivity index (χ2n) is 5.80. The van der Waals surface area contributed by atoms with Crippen LogP contribution in [0, 0.1) is 0 Å². The van der Waals surface area contributed by atoms with E-state index in [-0.39, 0.29) is 11.9 Å². The topological polar surface area (TPSA) is 71.2 Å². The van der Waals surface area contributed by atoms with Gasteiger partial charge in [-0.3, -0.25) is 4.79 Å². The Balaban J connectivity index is 1.84. The number of hydrogen-bond acceptors (Lipinski definition) is 5. The number of aromatic nitrogens is 1. The molecule has 0 aliphatic carbocycles. The highest BCUT2D eigenvalue weighted by atomic mass is 32.1. The van der Waals surface area contributed by atoms with E-state index in [2.05, 4.69) is 22.4 Å². The molecule has 0 fully saturated rings. The number of likely N-dealkylation sites (N-methyl/N-ethyl adjacent to an activating group) is 1. The van der Waals surface area contributed by atoms with Gasteiger partial charge in [-0.05, 0) is 26.1 Å². The van der Waals surface area contributed by atoms with Gasteiger partial charge in [0, 0.05) is 18.5 Å². The van der Waals surface area contributed by atoms with Gasteiger partial charge < -0.3 is 16.0 Å². The van der Waals surface area contributed by atoms with Gasteiger partial charge in [-0.2, -0.15) is 0 Å². The fourth-order valence-electron chi connectivity index (χ4n) is 2.18. The van der Waals surface area contributed by atoms with Crippen molar-refractivity contribution in [1.82, 2.24) is 15.2 Å². The third-order valence-corrected chi connectivity index (χ3v) is 4.43. The summed E-state index contributed by atoms with van der Waals surface area (Å²) in [7, 11) is 3.96. The lowest BCUT2D eigenvalue weighted by Crippen LogP contribution is -2.32. The molecule has 0 aliphatic rings. The van der Waals surface area contributed by atoms with Gasteiger partial charge in [0.05, 0.1) is 18.2 Å². The van der Waals surface area contributed by atoms with Gasteiger partial charge in [0.15, 0.2) is 0 Å². The minimum absolute atomic E-state index is 0.000306. The van der Waals surface area contributed by atoms with Gasteiger partial charge >= 0.3 is 0 Å². The van der Waals surface area contributed by atoms with Crippen LogP contribution in [0.1, 0.15) is 22.3 Å². The lowest BCUT2D eigenvalue weighted by molar-refractivity contribution is -0.120. The molecule has 23 heavy (non-hydrogen) atoms. The van der Waals surface area contributed by atoms with Crippen LogP contribution in [-0.2, 0) is 17.6 Å². The van der Waals surface area contributed by atoms with Gasteiger partial charge in [0.2, 0.25) is 5.91 Å². The highest BCUT2D eigenvalue weighted by Gasteiger charge is 2.13. The van der Waals surface area contributed by atoms with E-state index < -0.39 is 0 Å². The van der Waals surface area contributed by atoms with E-state index in [1.807, 2.05) is 42.6 Å². The van der Waals surface area contributed by atoms with Crippen LogP contribution in [0.4, 0.5) is 0 Å². The fraction of sp³-hybridized carbons (Fsp3) is 0.412. The van der Waals surface area contributed by atoms with Gasteiger partial charge in [0.25, 0.3) is 0 Å². The van der Waals surface area contributed by atoms with Crippen molar-refractivity contribution < 1.29 is 4.79 Å². The van der Waals surface area contributed by atoms with E-state index in [0.29, 0.717) is 13.0 Å². The van der Waals surface area contributed by atoms with Crippen LogP contribution in [0.15, 0.2) is 35.7 Å². The minimum atomic E-state index is -0.132. The maximum absolute atomic E-state index is 11.9. The summed E-state index contributed by atoms with van der Waals surface area (Å²) in [5.41, 5.74) is 8.21. The van der Waals surface area contributed by atoms with Gasteiger partial charge in [-0.1, -0.05) is 30.3 Å². The molecule has 1 atom stereocenters. The molecule has 6 heteroatoms. The lowest BCUT2D eigenvalue weighted by atomic mass is 10.1. The average molecular weight is 332 g/mol. The van der Waals surface area contributed by atoms with Crippen molar-refractivity contribution in [2.75, 3.05) is 27.2 Å². The van der Waals surface area contributed by atoms with E-state index in [4.69, 9.17) is 5.73 Å². The summed E-state index contributed by atoms with van der Waals surface area (Å²) in [6.07, 6.45) is 1.06. The second-order valence-corrected chi connectivity index (χ2v) is 6.69. The standard InChI is InChI=1S/C17H24N4OS/c1-21(2)9-8-19-16(22)11-14-12-23-17(20-14)15(18)10-13-6-4-3-5-7-13/h3-7,12,15H,8-11,18H2,1-2H3,(H,19,22). The first-order valence-electron chi connectivity index (χ1n) is 7.70. The number of thiazole rings is 1. The number of nitrogens with two attached hydrogens (primary N) is 1. The van der Waals surface area contributed by atoms with E-state index in [9.17, 15) is 4.79 Å². The maximum Gasteiger partial charge on any atom is 0.226 e. The van der Waals surface area contributed by atoms with Crippen LogP contribution < -0.4 is 11.1 Å². The Hall–Kier alpha value is -1.76. The zero-order chi connectivity index (χ0) is 16.7. The molecule has 1 aromatic carbocycles. The van der Waals surface area contributed by atoms with Crippen LogP contribution in [0.2, 0.25) is 0 Å². The summed E-state index contributed by atoms with van der Waals surface area (Å²) in [5.74, 6) is 0.000306. The number of rotatable bonds is 8. The maximum atomic E-state index is 11.9. The normalized spacial score (nSPS) is 12.3. The smallest absolute Gasteiger partial charge is 0.226 e. The number of carbonyl (C=O) groups excluding carboxylic acids is 1. The third-order valence-electron chi connectivity index (χ3n) is 3.41. The van der Waals surface area contributed by atoms with Crippen molar-refractivity contribution in [2.45, 2.75) is 18.9 Å². The first kappa shape index (κ1) is 17.6. The highest BCUT2D eigenvalue weighted by Crippen LogP contribution is 2.20. The SMILES string of the molecule is CN(C)CCNC(=O)Cc1csc(C(N)Cc2ccccc2)n1. The lowest BCUT2D eigenvalue weighted by Gasteiger charge is -2.10. The largest absolute Gasteiger partial charge is 0.354 e. The zero-order valence-electron chi connectivity index (χ0n) is 13.7. The summed E-state index contributed by atoms with van der Waals surface area (Å²) in [6, 6.07) is 10.00. The molecule has 0 aliphatic heterocycles. The van der Waals surface area contributed by atoms with Crippen molar-refractivity contribution in [2.24, 2.45) is 5.73 Å². The first-order chi connectivity index (χ1) is 11.0. The van der Waals surface area contributed by atoms with E-state index in [0.717, 1.165) is 23.7 Å². The summed E-state index contributed by atoms with van der Waals surface area (Å²) >= 11 is 1.52. The first-order valence-corrected chi connectivity index (χ1v) is 8.58. The molecule has 0 bridgehead atoms. The van der Waals surface area contributed by atoms with Crippen LogP contribution in [0.25, 0.3) is 0 Å². The Kier molecular flexibility index (Phi) is 6.70. The van der Waals surface area contributed by atoms with Crippen molar-refractivity contribution in [3.63, 3.8) is 0 Å². The Labute approximate surface area is 141 Å². The molecule has 0 spiro atoms. The number of hydrogen-bond donors (Lipinski definition) is 2. The molecule has 124 valence electrons. The summed E-state index contributed by atoms with van der Waals surface area (Å²) in [6.45, 7) is 1.48. The van der Waals surface area contributed by atoms with Crippen molar-refractivity contribution in [3.05, 3.63) is 52.0 Å². The molecule has 0 saturated carbocycles. The van der Waals surface area contributed by atoms with Crippen LogP contribution in [0.5, 0.6) is 0 Å². The number of nitrogens with one attached hydrogen (secondary N) is 1. The minimum Gasteiger partial charge on any atom is -0.354 e. The van der Waals surface area contributed by atoms with Crippen molar-refractivity contribution in [1.29, 1.82) is 0 Å². The highest BCUT2D eigenvalue weighted by molar-refractivity contribution is 7.09. The Morgan fingerprint density at radius 1 is 1.35 bits per heavy atom. The van der Waals surface area contributed by atoms with Gasteiger partial charge in [-0.15, -0.1) is 11.3 Å². The molecule has 1 heterocycles. The van der Waals surface area contributed by atoms with Crippen molar-refractivity contribution in [3.8, 4) is 0 Å². The Morgan fingerprint density at radius 2 is 2.09 bits per heavy atom. The molecule has 0 saturated heterocycles.